The maximum atomic E-state index is 11.0. The lowest BCUT2D eigenvalue weighted by Crippen LogP contribution is -2.36. The molecule has 1 amide bonds. The van der Waals surface area contributed by atoms with E-state index in [1.165, 1.54) is 5.56 Å². The number of pyridine rings is 1. The second-order valence-corrected chi connectivity index (χ2v) is 4.69. The molecule has 1 aliphatic rings. The Kier molecular flexibility index (Phi) is 4.09. The standard InChI is InChI=1S/C13H19N3O/c14-13(17)11-3-5-12(6-4-11)16-9-10-2-1-7-15-8-10/h1-2,7-8,11-12,16H,3-6,9H2,(H2,14,17). The Morgan fingerprint density at radius 1 is 1.41 bits per heavy atom. The van der Waals surface area contributed by atoms with Crippen molar-refractivity contribution < 1.29 is 4.79 Å². The van der Waals surface area contributed by atoms with Crippen LogP contribution in [0.3, 0.4) is 0 Å². The van der Waals surface area contributed by atoms with Crippen LogP contribution in [-0.4, -0.2) is 16.9 Å². The maximum absolute atomic E-state index is 11.0. The molecule has 3 N–H and O–H groups in total. The molecule has 4 heteroatoms. The summed E-state index contributed by atoms with van der Waals surface area (Å²) in [5.41, 5.74) is 6.51. The molecule has 0 aromatic carbocycles. The van der Waals surface area contributed by atoms with E-state index in [1.807, 2.05) is 12.3 Å². The summed E-state index contributed by atoms with van der Waals surface area (Å²) in [7, 11) is 0. The minimum Gasteiger partial charge on any atom is -0.369 e. The van der Waals surface area contributed by atoms with Crippen molar-refractivity contribution in [1.29, 1.82) is 0 Å². The second kappa shape index (κ2) is 5.77. The third-order valence-electron chi connectivity index (χ3n) is 3.45. The van der Waals surface area contributed by atoms with Crippen molar-refractivity contribution in [3.8, 4) is 0 Å². The van der Waals surface area contributed by atoms with Crippen molar-refractivity contribution in [2.45, 2.75) is 38.3 Å². The van der Waals surface area contributed by atoms with Gasteiger partial charge in [0.05, 0.1) is 0 Å². The van der Waals surface area contributed by atoms with E-state index in [0.29, 0.717) is 6.04 Å². The van der Waals surface area contributed by atoms with E-state index in [1.54, 1.807) is 6.20 Å². The number of aromatic nitrogens is 1. The molecule has 4 nitrogen and oxygen atoms in total. The van der Waals surface area contributed by atoms with Gasteiger partial charge in [-0.2, -0.15) is 0 Å². The predicted octanol–water partition coefficient (Wildman–Crippen LogP) is 1.22. The third-order valence-corrected chi connectivity index (χ3v) is 3.45. The van der Waals surface area contributed by atoms with Gasteiger partial charge in [-0.1, -0.05) is 6.07 Å². The number of nitrogens with zero attached hydrogens (tertiary/aromatic N) is 1. The smallest absolute Gasteiger partial charge is 0.220 e. The lowest BCUT2D eigenvalue weighted by Gasteiger charge is -2.27. The first-order valence-electron chi connectivity index (χ1n) is 6.17. The zero-order valence-electron chi connectivity index (χ0n) is 9.93. The molecule has 1 aromatic heterocycles. The summed E-state index contributed by atoms with van der Waals surface area (Å²) in [6.45, 7) is 0.847. The monoisotopic (exact) mass is 233 g/mol. The van der Waals surface area contributed by atoms with Crippen molar-refractivity contribution in [2.24, 2.45) is 11.7 Å². The number of hydrogen-bond donors (Lipinski definition) is 2. The number of nitrogens with one attached hydrogen (secondary N) is 1. The van der Waals surface area contributed by atoms with E-state index in [2.05, 4.69) is 16.4 Å². The Labute approximate surface area is 102 Å². The van der Waals surface area contributed by atoms with Crippen LogP contribution < -0.4 is 11.1 Å². The van der Waals surface area contributed by atoms with Gasteiger partial charge in [0, 0.05) is 30.9 Å². The van der Waals surface area contributed by atoms with Gasteiger partial charge >= 0.3 is 0 Å². The van der Waals surface area contributed by atoms with Gasteiger partial charge in [0.25, 0.3) is 0 Å². The molecule has 0 radical (unpaired) electrons. The van der Waals surface area contributed by atoms with Crippen LogP contribution in [0.25, 0.3) is 0 Å². The topological polar surface area (TPSA) is 68.0 Å². The van der Waals surface area contributed by atoms with Crippen LogP contribution in [0.1, 0.15) is 31.2 Å². The molecule has 1 aromatic rings. The van der Waals surface area contributed by atoms with E-state index in [0.717, 1.165) is 32.2 Å². The highest BCUT2D eigenvalue weighted by Crippen LogP contribution is 2.24. The molecule has 1 fully saturated rings. The van der Waals surface area contributed by atoms with Gasteiger partial charge < -0.3 is 11.1 Å². The van der Waals surface area contributed by atoms with Crippen LogP contribution in [0.15, 0.2) is 24.5 Å². The minimum atomic E-state index is -0.143. The number of rotatable bonds is 4. The minimum absolute atomic E-state index is 0.0893. The van der Waals surface area contributed by atoms with Gasteiger partial charge in [-0.3, -0.25) is 9.78 Å². The van der Waals surface area contributed by atoms with Crippen molar-refractivity contribution in [3.63, 3.8) is 0 Å². The predicted molar refractivity (Wildman–Crippen MR) is 66.0 cm³/mol. The Morgan fingerprint density at radius 2 is 2.18 bits per heavy atom. The fraction of sp³-hybridized carbons (Fsp3) is 0.538. The quantitative estimate of drug-likeness (QED) is 0.821. The fourth-order valence-corrected chi connectivity index (χ4v) is 2.35. The largest absolute Gasteiger partial charge is 0.369 e. The van der Waals surface area contributed by atoms with Crippen LogP contribution in [0.2, 0.25) is 0 Å². The maximum Gasteiger partial charge on any atom is 0.220 e. The highest BCUT2D eigenvalue weighted by Gasteiger charge is 2.24. The Balaban J connectivity index is 1.74. The van der Waals surface area contributed by atoms with Crippen LogP contribution in [0.5, 0.6) is 0 Å². The summed E-state index contributed by atoms with van der Waals surface area (Å²) >= 11 is 0. The first-order valence-corrected chi connectivity index (χ1v) is 6.17. The fourth-order valence-electron chi connectivity index (χ4n) is 2.35. The van der Waals surface area contributed by atoms with Crippen molar-refractivity contribution in [1.82, 2.24) is 10.3 Å². The van der Waals surface area contributed by atoms with E-state index in [4.69, 9.17) is 5.73 Å². The molecule has 92 valence electrons. The Bertz CT molecular complexity index is 358. The molecule has 1 heterocycles. The van der Waals surface area contributed by atoms with E-state index in [-0.39, 0.29) is 11.8 Å². The highest BCUT2D eigenvalue weighted by atomic mass is 16.1. The van der Waals surface area contributed by atoms with Crippen LogP contribution in [-0.2, 0) is 11.3 Å². The van der Waals surface area contributed by atoms with Crippen LogP contribution in [0, 0.1) is 5.92 Å². The normalized spacial score (nSPS) is 24.5. The summed E-state index contributed by atoms with van der Waals surface area (Å²) in [5, 5.41) is 3.51. The molecule has 0 atom stereocenters. The molecule has 0 bridgehead atoms. The summed E-state index contributed by atoms with van der Waals surface area (Å²) in [6, 6.07) is 4.52. The highest BCUT2D eigenvalue weighted by molar-refractivity contribution is 5.76. The first kappa shape index (κ1) is 12.0. The molecule has 0 saturated heterocycles. The molecular formula is C13H19N3O. The number of carbonyl (C=O) groups excluding carboxylic acids is 1. The lowest BCUT2D eigenvalue weighted by molar-refractivity contribution is -0.122. The number of nitrogens with two attached hydrogens (primary N) is 1. The van der Waals surface area contributed by atoms with Crippen molar-refractivity contribution >= 4 is 5.91 Å². The van der Waals surface area contributed by atoms with E-state index < -0.39 is 0 Å². The van der Waals surface area contributed by atoms with Gasteiger partial charge in [0.15, 0.2) is 0 Å². The summed E-state index contributed by atoms with van der Waals surface area (Å²) < 4.78 is 0. The number of primary amides is 1. The van der Waals surface area contributed by atoms with Crippen molar-refractivity contribution in [2.75, 3.05) is 0 Å². The second-order valence-electron chi connectivity index (χ2n) is 4.69. The Hall–Kier alpha value is -1.42. The average Bonchev–Trinajstić information content (AvgIpc) is 2.38. The molecule has 0 unspecified atom stereocenters. The first-order chi connectivity index (χ1) is 8.25. The SMILES string of the molecule is NC(=O)C1CCC(NCc2cccnc2)CC1. The van der Waals surface area contributed by atoms with E-state index >= 15 is 0 Å². The zero-order chi connectivity index (χ0) is 12.1. The molecule has 1 saturated carbocycles. The lowest BCUT2D eigenvalue weighted by atomic mass is 9.85. The van der Waals surface area contributed by atoms with Crippen molar-refractivity contribution in [3.05, 3.63) is 30.1 Å². The number of hydrogen-bond acceptors (Lipinski definition) is 3. The zero-order valence-corrected chi connectivity index (χ0v) is 9.93. The average molecular weight is 233 g/mol. The number of carbonyl (C=O) groups is 1. The van der Waals surface area contributed by atoms with Crippen LogP contribution >= 0.6 is 0 Å². The van der Waals surface area contributed by atoms with Gasteiger partial charge in [-0.05, 0) is 37.3 Å². The molecule has 1 aliphatic carbocycles. The molecule has 0 spiro atoms. The molecular weight excluding hydrogens is 214 g/mol. The molecule has 2 rings (SSSR count). The van der Waals surface area contributed by atoms with E-state index in [9.17, 15) is 4.79 Å². The summed E-state index contributed by atoms with van der Waals surface area (Å²) in [5.74, 6) is -0.0536. The summed E-state index contributed by atoms with van der Waals surface area (Å²) in [4.78, 5) is 15.1. The van der Waals surface area contributed by atoms with Crippen LogP contribution in [0.4, 0.5) is 0 Å². The summed E-state index contributed by atoms with van der Waals surface area (Å²) in [6.07, 6.45) is 7.56. The molecule has 0 aliphatic heterocycles. The van der Waals surface area contributed by atoms with Gasteiger partial charge in [-0.15, -0.1) is 0 Å². The van der Waals surface area contributed by atoms with Gasteiger partial charge in [0.1, 0.15) is 0 Å². The third kappa shape index (κ3) is 3.53. The molecule has 17 heavy (non-hydrogen) atoms. The number of amides is 1. The van der Waals surface area contributed by atoms with Gasteiger partial charge in [-0.25, -0.2) is 0 Å². The Morgan fingerprint density at radius 3 is 2.76 bits per heavy atom. The van der Waals surface area contributed by atoms with Gasteiger partial charge in [0.2, 0.25) is 5.91 Å².